The molecule has 2 unspecified atom stereocenters. The molecule has 1 aliphatic heterocycles. The second-order valence-electron chi connectivity index (χ2n) is 8.22. The maximum atomic E-state index is 9.90. The van der Waals surface area contributed by atoms with Gasteiger partial charge in [-0.05, 0) is 42.3 Å². The van der Waals surface area contributed by atoms with Gasteiger partial charge in [0, 0.05) is 16.5 Å². The van der Waals surface area contributed by atoms with Crippen LogP contribution in [0.4, 0.5) is 0 Å². The first-order valence-electron chi connectivity index (χ1n) is 10.8. The van der Waals surface area contributed by atoms with Crippen LogP contribution in [0.1, 0.15) is 28.2 Å². The molecule has 0 saturated carbocycles. The maximum absolute atomic E-state index is 9.90. The second-order valence-corrected chi connectivity index (χ2v) is 8.66. The Morgan fingerprint density at radius 3 is 2.59 bits per heavy atom. The van der Waals surface area contributed by atoms with E-state index in [4.69, 9.17) is 26.5 Å². The molecule has 0 fully saturated rings. The van der Waals surface area contributed by atoms with Crippen LogP contribution in [0.5, 0.6) is 11.6 Å². The zero-order chi connectivity index (χ0) is 23.7. The van der Waals surface area contributed by atoms with E-state index in [0.29, 0.717) is 17.5 Å². The van der Waals surface area contributed by atoms with Crippen molar-refractivity contribution >= 4 is 17.5 Å². The molecule has 0 aliphatic carbocycles. The number of nitrogens with zero attached hydrogens (tertiary/aromatic N) is 2. The molecule has 1 aromatic heterocycles. The molecule has 2 atom stereocenters. The molecule has 0 saturated heterocycles. The smallest absolute Gasteiger partial charge is 0.244 e. The van der Waals surface area contributed by atoms with Crippen LogP contribution in [-0.4, -0.2) is 16.1 Å². The van der Waals surface area contributed by atoms with Crippen LogP contribution in [0.2, 0.25) is 5.02 Å². The molecule has 0 amide bonds. The SMILES string of the molecule is Cc1cccc(COc2ccc(C3c4c(n[nH]c4-c4ccc(Cl)cc4)OC(=N)C3C#N)cc2)c1. The highest BCUT2D eigenvalue weighted by molar-refractivity contribution is 6.30. The minimum Gasteiger partial charge on any atom is -0.489 e. The van der Waals surface area contributed by atoms with E-state index in [2.05, 4.69) is 35.3 Å². The Hall–Kier alpha value is -4.08. The number of ether oxygens (including phenoxy) is 2. The monoisotopic (exact) mass is 468 g/mol. The molecule has 5 rings (SSSR count). The minimum absolute atomic E-state index is 0.117. The van der Waals surface area contributed by atoms with Gasteiger partial charge < -0.3 is 9.47 Å². The molecular weight excluding hydrogens is 448 g/mol. The van der Waals surface area contributed by atoms with Gasteiger partial charge in [-0.15, -0.1) is 5.10 Å². The molecule has 7 heteroatoms. The van der Waals surface area contributed by atoms with Crippen molar-refractivity contribution in [2.45, 2.75) is 19.4 Å². The van der Waals surface area contributed by atoms with Crippen LogP contribution in [0.3, 0.4) is 0 Å². The highest BCUT2D eigenvalue weighted by atomic mass is 35.5. The van der Waals surface area contributed by atoms with Crippen LogP contribution in [0.15, 0.2) is 72.8 Å². The quantitative estimate of drug-likeness (QED) is 0.361. The van der Waals surface area contributed by atoms with E-state index in [0.717, 1.165) is 33.7 Å². The molecule has 3 aromatic carbocycles. The zero-order valence-electron chi connectivity index (χ0n) is 18.4. The van der Waals surface area contributed by atoms with Crippen molar-refractivity contribution in [3.63, 3.8) is 0 Å². The fourth-order valence-corrected chi connectivity index (χ4v) is 4.38. The van der Waals surface area contributed by atoms with Crippen molar-refractivity contribution in [2.75, 3.05) is 0 Å². The Morgan fingerprint density at radius 2 is 1.88 bits per heavy atom. The molecule has 168 valence electrons. The summed E-state index contributed by atoms with van der Waals surface area (Å²) in [6.07, 6.45) is 0. The summed E-state index contributed by atoms with van der Waals surface area (Å²) >= 11 is 6.06. The van der Waals surface area contributed by atoms with Gasteiger partial charge in [0.1, 0.15) is 18.3 Å². The summed E-state index contributed by atoms with van der Waals surface area (Å²) in [6, 6.07) is 25.5. The van der Waals surface area contributed by atoms with Gasteiger partial charge in [-0.1, -0.05) is 65.7 Å². The number of rotatable bonds is 5. The van der Waals surface area contributed by atoms with E-state index in [1.807, 2.05) is 48.5 Å². The Kier molecular flexibility index (Phi) is 5.79. The number of aromatic amines is 1. The summed E-state index contributed by atoms with van der Waals surface area (Å²) in [7, 11) is 0. The number of fused-ring (bicyclic) bond motifs is 1. The number of benzene rings is 3. The number of hydrogen-bond acceptors (Lipinski definition) is 5. The van der Waals surface area contributed by atoms with E-state index >= 15 is 0 Å². The minimum atomic E-state index is -0.782. The Morgan fingerprint density at radius 1 is 1.12 bits per heavy atom. The predicted molar refractivity (Wildman–Crippen MR) is 130 cm³/mol. The molecule has 6 nitrogen and oxygen atoms in total. The molecule has 34 heavy (non-hydrogen) atoms. The lowest BCUT2D eigenvalue weighted by Gasteiger charge is -2.28. The lowest BCUT2D eigenvalue weighted by atomic mass is 9.79. The third kappa shape index (κ3) is 4.14. The summed E-state index contributed by atoms with van der Waals surface area (Å²) in [5, 5.41) is 26.1. The van der Waals surface area contributed by atoms with E-state index < -0.39 is 11.8 Å². The lowest BCUT2D eigenvalue weighted by molar-refractivity contribution is 0.306. The topological polar surface area (TPSA) is 94.8 Å². The Balaban J connectivity index is 1.48. The summed E-state index contributed by atoms with van der Waals surface area (Å²) < 4.78 is 11.6. The van der Waals surface area contributed by atoms with Gasteiger partial charge >= 0.3 is 0 Å². The van der Waals surface area contributed by atoms with Gasteiger partial charge in [-0.3, -0.25) is 10.5 Å². The van der Waals surface area contributed by atoms with Gasteiger partial charge in [-0.25, -0.2) is 0 Å². The molecule has 1 aliphatic rings. The number of H-pyrrole nitrogens is 1. The van der Waals surface area contributed by atoms with Crippen LogP contribution < -0.4 is 9.47 Å². The fourth-order valence-electron chi connectivity index (χ4n) is 4.25. The van der Waals surface area contributed by atoms with Crippen molar-refractivity contribution in [3.05, 3.63) is 100 Å². The number of halogens is 1. The first-order chi connectivity index (χ1) is 16.5. The van der Waals surface area contributed by atoms with Crippen LogP contribution in [-0.2, 0) is 6.61 Å². The van der Waals surface area contributed by atoms with Crippen molar-refractivity contribution in [1.82, 2.24) is 10.2 Å². The largest absolute Gasteiger partial charge is 0.489 e. The van der Waals surface area contributed by atoms with E-state index in [-0.39, 0.29) is 5.90 Å². The van der Waals surface area contributed by atoms with Gasteiger partial charge in [0.2, 0.25) is 11.8 Å². The molecule has 0 spiro atoms. The van der Waals surface area contributed by atoms with Crippen LogP contribution in [0, 0.1) is 29.6 Å². The van der Waals surface area contributed by atoms with E-state index in [9.17, 15) is 5.26 Å². The summed E-state index contributed by atoms with van der Waals surface area (Å²) in [5.41, 5.74) is 5.52. The van der Waals surface area contributed by atoms with Gasteiger partial charge in [-0.2, -0.15) is 5.26 Å². The number of aromatic nitrogens is 2. The second kappa shape index (κ2) is 9.05. The summed E-state index contributed by atoms with van der Waals surface area (Å²) in [4.78, 5) is 0. The number of nitriles is 1. The van der Waals surface area contributed by atoms with Crippen LogP contribution in [0.25, 0.3) is 11.3 Å². The third-order valence-corrected chi connectivity index (χ3v) is 6.15. The Bertz CT molecular complexity index is 1390. The number of hydrogen-bond donors (Lipinski definition) is 2. The fraction of sp³-hybridized carbons (Fsp3) is 0.148. The normalized spacial score (nSPS) is 16.9. The number of aryl methyl sites for hydroxylation is 1. The van der Waals surface area contributed by atoms with E-state index in [1.54, 1.807) is 12.1 Å². The number of nitrogens with one attached hydrogen (secondary N) is 2. The highest BCUT2D eigenvalue weighted by Crippen LogP contribution is 2.46. The van der Waals surface area contributed by atoms with Gasteiger partial charge in [0.15, 0.2) is 0 Å². The molecule has 2 N–H and O–H groups in total. The highest BCUT2D eigenvalue weighted by Gasteiger charge is 2.40. The summed E-state index contributed by atoms with van der Waals surface area (Å²) in [5.74, 6) is -0.280. The van der Waals surface area contributed by atoms with Gasteiger partial charge in [0.05, 0.1) is 17.3 Å². The van der Waals surface area contributed by atoms with Crippen LogP contribution >= 0.6 is 11.6 Å². The van der Waals surface area contributed by atoms with E-state index in [1.165, 1.54) is 5.56 Å². The first kappa shape index (κ1) is 21.7. The third-order valence-electron chi connectivity index (χ3n) is 5.90. The summed E-state index contributed by atoms with van der Waals surface area (Å²) in [6.45, 7) is 2.52. The molecule has 0 bridgehead atoms. The van der Waals surface area contributed by atoms with Crippen molar-refractivity contribution < 1.29 is 9.47 Å². The standard InChI is InChI=1S/C27H21ClN4O2/c1-16-3-2-4-17(13-16)15-33-21-11-7-18(8-12-21)23-22(14-29)26(30)34-27-24(23)25(31-32-27)19-5-9-20(28)10-6-19/h2-13,22-23,30H,15H2,1H3,(H,31,32). The average Bonchev–Trinajstić information content (AvgIpc) is 3.26. The van der Waals surface area contributed by atoms with Crippen molar-refractivity contribution in [3.8, 4) is 29.0 Å². The lowest BCUT2D eigenvalue weighted by Crippen LogP contribution is -2.30. The van der Waals surface area contributed by atoms with Gasteiger partial charge in [0.25, 0.3) is 0 Å². The van der Waals surface area contributed by atoms with Crippen molar-refractivity contribution in [2.24, 2.45) is 5.92 Å². The molecule has 4 aromatic rings. The maximum Gasteiger partial charge on any atom is 0.244 e. The predicted octanol–water partition coefficient (Wildman–Crippen LogP) is 6.26. The Labute approximate surface area is 202 Å². The first-order valence-corrected chi connectivity index (χ1v) is 11.2. The van der Waals surface area contributed by atoms with Crippen molar-refractivity contribution in [1.29, 1.82) is 10.7 Å². The molecule has 0 radical (unpaired) electrons. The zero-order valence-corrected chi connectivity index (χ0v) is 19.1. The molecular formula is C27H21ClN4O2. The average molecular weight is 469 g/mol. The molecule has 2 heterocycles.